The molecule has 16 heavy (non-hydrogen) atoms. The third kappa shape index (κ3) is 4.61. The van der Waals surface area contributed by atoms with Crippen molar-refractivity contribution in [3.63, 3.8) is 0 Å². The van der Waals surface area contributed by atoms with Crippen LogP contribution >= 0.6 is 15.9 Å². The van der Waals surface area contributed by atoms with Crippen molar-refractivity contribution in [1.82, 2.24) is 5.43 Å². The van der Waals surface area contributed by atoms with Gasteiger partial charge in [-0.25, -0.2) is 0 Å². The molecular formula is C12H19BrN2O. The molecule has 90 valence electrons. The Balaban J connectivity index is 2.46. The van der Waals surface area contributed by atoms with Crippen LogP contribution in [0.15, 0.2) is 28.7 Å². The number of benzene rings is 1. The summed E-state index contributed by atoms with van der Waals surface area (Å²) in [5, 5.41) is 0. The number of nitrogens with two attached hydrogens (primary N) is 1. The lowest BCUT2D eigenvalue weighted by Gasteiger charge is -2.16. The van der Waals surface area contributed by atoms with Crippen LogP contribution in [0.4, 0.5) is 0 Å². The maximum atomic E-state index is 5.55. The highest BCUT2D eigenvalue weighted by molar-refractivity contribution is 9.10. The molecule has 1 aromatic rings. The van der Waals surface area contributed by atoms with Crippen LogP contribution in [0.1, 0.15) is 18.4 Å². The molecule has 0 amide bonds. The van der Waals surface area contributed by atoms with Crippen LogP contribution < -0.4 is 11.3 Å². The van der Waals surface area contributed by atoms with E-state index in [1.165, 1.54) is 5.56 Å². The van der Waals surface area contributed by atoms with Gasteiger partial charge in [0.2, 0.25) is 0 Å². The minimum atomic E-state index is 0.300. The first-order chi connectivity index (χ1) is 7.77. The molecule has 0 aliphatic heterocycles. The fraction of sp³-hybridized carbons (Fsp3) is 0.500. The van der Waals surface area contributed by atoms with Crippen LogP contribution in [0.3, 0.4) is 0 Å². The van der Waals surface area contributed by atoms with Crippen molar-refractivity contribution in [2.45, 2.75) is 25.3 Å². The van der Waals surface area contributed by atoms with Gasteiger partial charge in [0, 0.05) is 24.2 Å². The van der Waals surface area contributed by atoms with Gasteiger partial charge in [-0.05, 0) is 30.9 Å². The van der Waals surface area contributed by atoms with Crippen LogP contribution in [0.5, 0.6) is 0 Å². The van der Waals surface area contributed by atoms with E-state index in [0.717, 1.165) is 30.3 Å². The van der Waals surface area contributed by atoms with E-state index in [4.69, 9.17) is 10.6 Å². The number of nitrogens with one attached hydrogen (secondary N) is 1. The second kappa shape index (κ2) is 7.79. The summed E-state index contributed by atoms with van der Waals surface area (Å²) in [6.45, 7) is 0.786. The molecule has 0 bridgehead atoms. The van der Waals surface area contributed by atoms with Crippen molar-refractivity contribution in [3.8, 4) is 0 Å². The second-order valence-corrected chi connectivity index (χ2v) is 4.65. The van der Waals surface area contributed by atoms with E-state index >= 15 is 0 Å². The summed E-state index contributed by atoms with van der Waals surface area (Å²) in [5.74, 6) is 5.55. The molecule has 0 radical (unpaired) electrons. The first-order valence-corrected chi connectivity index (χ1v) is 6.25. The molecule has 1 aromatic carbocycles. The van der Waals surface area contributed by atoms with Crippen molar-refractivity contribution in [2.75, 3.05) is 13.7 Å². The quantitative estimate of drug-likeness (QED) is 0.459. The van der Waals surface area contributed by atoms with Crippen LogP contribution in [0.2, 0.25) is 0 Å². The molecule has 4 heteroatoms. The fourth-order valence-corrected chi connectivity index (χ4v) is 2.09. The number of ether oxygens (including phenoxy) is 1. The SMILES string of the molecule is COCCCC(Cc1ccccc1Br)NN. The van der Waals surface area contributed by atoms with Gasteiger partial charge in [0.25, 0.3) is 0 Å². The Morgan fingerprint density at radius 1 is 1.44 bits per heavy atom. The minimum Gasteiger partial charge on any atom is -0.385 e. The third-order valence-corrected chi connectivity index (χ3v) is 3.33. The molecular weight excluding hydrogens is 268 g/mol. The van der Waals surface area contributed by atoms with E-state index in [1.54, 1.807) is 7.11 Å². The van der Waals surface area contributed by atoms with Crippen molar-refractivity contribution in [2.24, 2.45) is 5.84 Å². The van der Waals surface area contributed by atoms with Gasteiger partial charge >= 0.3 is 0 Å². The fourth-order valence-electron chi connectivity index (χ4n) is 1.65. The van der Waals surface area contributed by atoms with E-state index in [2.05, 4.69) is 33.5 Å². The van der Waals surface area contributed by atoms with Crippen molar-refractivity contribution < 1.29 is 4.74 Å². The van der Waals surface area contributed by atoms with Crippen LogP contribution in [-0.2, 0) is 11.2 Å². The van der Waals surface area contributed by atoms with Crippen molar-refractivity contribution >= 4 is 15.9 Å². The summed E-state index contributed by atoms with van der Waals surface area (Å²) < 4.78 is 6.17. The maximum absolute atomic E-state index is 5.55. The number of hydrazine groups is 1. The Morgan fingerprint density at radius 2 is 2.19 bits per heavy atom. The predicted molar refractivity (Wildman–Crippen MR) is 70.1 cm³/mol. The van der Waals surface area contributed by atoms with E-state index in [-0.39, 0.29) is 0 Å². The average molecular weight is 287 g/mol. The van der Waals surface area contributed by atoms with Crippen LogP contribution in [-0.4, -0.2) is 19.8 Å². The Labute approximate surface area is 105 Å². The highest BCUT2D eigenvalue weighted by atomic mass is 79.9. The normalized spacial score (nSPS) is 12.7. The van der Waals surface area contributed by atoms with E-state index in [0.29, 0.717) is 6.04 Å². The molecule has 1 rings (SSSR count). The first-order valence-electron chi connectivity index (χ1n) is 5.46. The largest absolute Gasteiger partial charge is 0.385 e. The zero-order chi connectivity index (χ0) is 11.8. The highest BCUT2D eigenvalue weighted by Crippen LogP contribution is 2.18. The molecule has 0 saturated carbocycles. The number of methoxy groups -OCH3 is 1. The van der Waals surface area contributed by atoms with Gasteiger partial charge in [-0.1, -0.05) is 34.1 Å². The summed E-state index contributed by atoms with van der Waals surface area (Å²) in [6.07, 6.45) is 2.98. The van der Waals surface area contributed by atoms with Crippen molar-refractivity contribution in [3.05, 3.63) is 34.3 Å². The van der Waals surface area contributed by atoms with Gasteiger partial charge < -0.3 is 4.74 Å². The summed E-state index contributed by atoms with van der Waals surface area (Å²) in [6, 6.07) is 8.53. The zero-order valence-electron chi connectivity index (χ0n) is 9.58. The molecule has 1 atom stereocenters. The standard InChI is InChI=1S/C12H19BrN2O/c1-16-8-4-6-11(15-14)9-10-5-2-3-7-12(10)13/h2-3,5,7,11,15H,4,6,8-9,14H2,1H3. The zero-order valence-corrected chi connectivity index (χ0v) is 11.2. The van der Waals surface area contributed by atoms with Crippen LogP contribution in [0.25, 0.3) is 0 Å². The molecule has 3 nitrogen and oxygen atoms in total. The van der Waals surface area contributed by atoms with E-state index < -0.39 is 0 Å². The van der Waals surface area contributed by atoms with Gasteiger partial charge in [0.1, 0.15) is 0 Å². The number of rotatable bonds is 7. The second-order valence-electron chi connectivity index (χ2n) is 3.79. The predicted octanol–water partition coefficient (Wildman–Crippen LogP) is 2.25. The van der Waals surface area contributed by atoms with Gasteiger partial charge in [-0.3, -0.25) is 11.3 Å². The summed E-state index contributed by atoms with van der Waals surface area (Å²) in [4.78, 5) is 0. The minimum absolute atomic E-state index is 0.300. The molecule has 3 N–H and O–H groups in total. The lowest BCUT2D eigenvalue weighted by Crippen LogP contribution is -2.37. The Bertz CT molecular complexity index is 307. The summed E-state index contributed by atoms with van der Waals surface area (Å²) in [7, 11) is 1.72. The molecule has 0 fully saturated rings. The molecule has 0 aromatic heterocycles. The number of halogens is 1. The molecule has 0 saturated heterocycles. The third-order valence-electron chi connectivity index (χ3n) is 2.56. The number of hydrogen-bond donors (Lipinski definition) is 2. The smallest absolute Gasteiger partial charge is 0.0462 e. The molecule has 0 aliphatic rings. The average Bonchev–Trinajstić information content (AvgIpc) is 2.30. The van der Waals surface area contributed by atoms with E-state index in [9.17, 15) is 0 Å². The Morgan fingerprint density at radius 3 is 2.81 bits per heavy atom. The molecule has 0 spiro atoms. The summed E-state index contributed by atoms with van der Waals surface area (Å²) >= 11 is 3.54. The maximum Gasteiger partial charge on any atom is 0.0462 e. The van der Waals surface area contributed by atoms with Gasteiger partial charge in [0.05, 0.1) is 0 Å². The van der Waals surface area contributed by atoms with Crippen molar-refractivity contribution in [1.29, 1.82) is 0 Å². The Hall–Kier alpha value is -0.420. The van der Waals surface area contributed by atoms with Crippen LogP contribution in [0, 0.1) is 0 Å². The molecule has 0 aliphatic carbocycles. The first kappa shape index (κ1) is 13.6. The highest BCUT2D eigenvalue weighted by Gasteiger charge is 2.09. The topological polar surface area (TPSA) is 47.3 Å². The Kier molecular flexibility index (Phi) is 6.64. The van der Waals surface area contributed by atoms with Gasteiger partial charge in [-0.2, -0.15) is 0 Å². The molecule has 1 unspecified atom stereocenters. The lowest BCUT2D eigenvalue weighted by molar-refractivity contribution is 0.188. The molecule has 0 heterocycles. The monoisotopic (exact) mass is 286 g/mol. The van der Waals surface area contributed by atoms with E-state index in [1.807, 2.05) is 12.1 Å². The number of hydrogen-bond acceptors (Lipinski definition) is 3. The van der Waals surface area contributed by atoms with Gasteiger partial charge in [0.15, 0.2) is 0 Å². The van der Waals surface area contributed by atoms with Gasteiger partial charge in [-0.15, -0.1) is 0 Å². The summed E-state index contributed by atoms with van der Waals surface area (Å²) in [5.41, 5.74) is 4.14. The lowest BCUT2D eigenvalue weighted by atomic mass is 10.0.